The molecular weight excluding hydrogens is 268 g/mol. The quantitative estimate of drug-likeness (QED) is 0.826. The number of hydrogen-bond acceptors (Lipinski definition) is 2. The van der Waals surface area contributed by atoms with Gasteiger partial charge in [0.25, 0.3) is 0 Å². The van der Waals surface area contributed by atoms with E-state index in [1.54, 1.807) is 0 Å². The summed E-state index contributed by atoms with van der Waals surface area (Å²) in [5, 5.41) is 6.89. The first-order valence-electron chi connectivity index (χ1n) is 6.54. The predicted molar refractivity (Wildman–Crippen MR) is 87.5 cm³/mol. The van der Waals surface area contributed by atoms with Gasteiger partial charge in [0.15, 0.2) is 10.9 Å². The Kier molecular flexibility index (Phi) is 4.96. The van der Waals surface area contributed by atoms with Gasteiger partial charge in [-0.3, -0.25) is 0 Å². The van der Waals surface area contributed by atoms with Crippen LogP contribution in [0.15, 0.2) is 54.6 Å². The Morgan fingerprint density at radius 2 is 1.65 bits per heavy atom. The largest absolute Gasteiger partial charge is 0.455 e. The van der Waals surface area contributed by atoms with Crippen LogP contribution in [-0.2, 0) is 0 Å². The Morgan fingerprint density at radius 1 is 1.00 bits per heavy atom. The van der Waals surface area contributed by atoms with Gasteiger partial charge in [0.2, 0.25) is 0 Å². The molecule has 104 valence electrons. The Morgan fingerprint density at radius 3 is 2.35 bits per heavy atom. The minimum absolute atomic E-state index is 0.289. The topological polar surface area (TPSA) is 33.3 Å². The third kappa shape index (κ3) is 4.24. The summed E-state index contributed by atoms with van der Waals surface area (Å²) in [6.07, 6.45) is 0. The SMILES string of the molecule is CC(C)NC(=S)Nc1ccccc1Oc1ccccc1. The summed E-state index contributed by atoms with van der Waals surface area (Å²) in [7, 11) is 0. The van der Waals surface area contributed by atoms with Crippen molar-refractivity contribution in [1.29, 1.82) is 0 Å². The second-order valence-electron chi connectivity index (χ2n) is 4.66. The van der Waals surface area contributed by atoms with Gasteiger partial charge < -0.3 is 15.4 Å². The lowest BCUT2D eigenvalue weighted by Crippen LogP contribution is -2.33. The monoisotopic (exact) mass is 286 g/mol. The number of benzene rings is 2. The van der Waals surface area contributed by atoms with Crippen molar-refractivity contribution in [3.8, 4) is 11.5 Å². The Balaban J connectivity index is 2.12. The molecule has 0 amide bonds. The molecule has 0 atom stereocenters. The van der Waals surface area contributed by atoms with E-state index in [9.17, 15) is 0 Å². The number of para-hydroxylation sites is 3. The average molecular weight is 286 g/mol. The van der Waals surface area contributed by atoms with Crippen molar-refractivity contribution in [2.45, 2.75) is 19.9 Å². The van der Waals surface area contributed by atoms with Gasteiger partial charge in [-0.25, -0.2) is 0 Å². The maximum absolute atomic E-state index is 5.87. The number of nitrogens with one attached hydrogen (secondary N) is 2. The molecule has 2 aromatic carbocycles. The van der Waals surface area contributed by atoms with Crippen LogP contribution < -0.4 is 15.4 Å². The van der Waals surface area contributed by atoms with Crippen LogP contribution in [0.1, 0.15) is 13.8 Å². The van der Waals surface area contributed by atoms with E-state index in [2.05, 4.69) is 10.6 Å². The molecule has 4 heteroatoms. The Bertz CT molecular complexity index is 570. The van der Waals surface area contributed by atoms with Gasteiger partial charge in [-0.05, 0) is 50.3 Å². The normalized spacial score (nSPS) is 10.2. The van der Waals surface area contributed by atoms with Gasteiger partial charge in [-0.15, -0.1) is 0 Å². The molecule has 0 aliphatic heterocycles. The van der Waals surface area contributed by atoms with Crippen LogP contribution in [0.5, 0.6) is 11.5 Å². The van der Waals surface area contributed by atoms with Gasteiger partial charge in [0.1, 0.15) is 5.75 Å². The van der Waals surface area contributed by atoms with E-state index in [1.807, 2.05) is 68.4 Å². The average Bonchev–Trinajstić information content (AvgIpc) is 2.41. The first-order valence-corrected chi connectivity index (χ1v) is 6.95. The minimum Gasteiger partial charge on any atom is -0.455 e. The lowest BCUT2D eigenvalue weighted by molar-refractivity contribution is 0.485. The van der Waals surface area contributed by atoms with Crippen molar-refractivity contribution in [3.05, 3.63) is 54.6 Å². The highest BCUT2D eigenvalue weighted by Crippen LogP contribution is 2.28. The highest BCUT2D eigenvalue weighted by Gasteiger charge is 2.06. The molecule has 2 aromatic rings. The van der Waals surface area contributed by atoms with E-state index in [0.29, 0.717) is 5.11 Å². The van der Waals surface area contributed by atoms with E-state index in [0.717, 1.165) is 17.2 Å². The molecule has 2 rings (SSSR count). The van der Waals surface area contributed by atoms with Crippen molar-refractivity contribution in [2.75, 3.05) is 5.32 Å². The number of hydrogen-bond donors (Lipinski definition) is 2. The molecule has 0 saturated carbocycles. The third-order valence-electron chi connectivity index (χ3n) is 2.53. The minimum atomic E-state index is 0.289. The summed E-state index contributed by atoms with van der Waals surface area (Å²) < 4.78 is 5.87. The molecule has 0 heterocycles. The Hall–Kier alpha value is -2.07. The highest BCUT2D eigenvalue weighted by atomic mass is 32.1. The summed E-state index contributed by atoms with van der Waals surface area (Å²) in [6.45, 7) is 4.08. The van der Waals surface area contributed by atoms with Crippen molar-refractivity contribution in [1.82, 2.24) is 5.32 Å². The van der Waals surface area contributed by atoms with Gasteiger partial charge in [-0.1, -0.05) is 30.3 Å². The van der Waals surface area contributed by atoms with Crippen LogP contribution >= 0.6 is 12.2 Å². The van der Waals surface area contributed by atoms with Gasteiger partial charge >= 0.3 is 0 Å². The fraction of sp³-hybridized carbons (Fsp3) is 0.188. The molecule has 0 aliphatic carbocycles. The molecule has 20 heavy (non-hydrogen) atoms. The summed E-state index contributed by atoms with van der Waals surface area (Å²) >= 11 is 5.26. The van der Waals surface area contributed by atoms with Crippen LogP contribution in [0.3, 0.4) is 0 Å². The van der Waals surface area contributed by atoms with Crippen molar-refractivity contribution in [3.63, 3.8) is 0 Å². The van der Waals surface area contributed by atoms with Crippen molar-refractivity contribution < 1.29 is 4.74 Å². The van der Waals surface area contributed by atoms with Crippen molar-refractivity contribution in [2.24, 2.45) is 0 Å². The molecule has 0 fully saturated rings. The van der Waals surface area contributed by atoms with E-state index in [-0.39, 0.29) is 6.04 Å². The fourth-order valence-electron chi connectivity index (χ4n) is 1.69. The standard InChI is InChI=1S/C16H18N2OS/c1-12(2)17-16(20)18-14-10-6-7-11-15(14)19-13-8-4-3-5-9-13/h3-12H,1-2H3,(H2,17,18,20). The van der Waals surface area contributed by atoms with Crippen LogP contribution in [0, 0.1) is 0 Å². The maximum Gasteiger partial charge on any atom is 0.171 e. The zero-order valence-electron chi connectivity index (χ0n) is 11.6. The molecule has 0 saturated heterocycles. The molecule has 3 nitrogen and oxygen atoms in total. The van der Waals surface area contributed by atoms with Crippen molar-refractivity contribution >= 4 is 23.0 Å². The van der Waals surface area contributed by atoms with Crippen LogP contribution in [-0.4, -0.2) is 11.2 Å². The number of anilines is 1. The predicted octanol–water partition coefficient (Wildman–Crippen LogP) is 4.17. The molecule has 2 N–H and O–H groups in total. The Labute approximate surface area is 125 Å². The summed E-state index contributed by atoms with van der Waals surface area (Å²) in [4.78, 5) is 0. The molecule has 0 spiro atoms. The number of ether oxygens (including phenoxy) is 1. The lowest BCUT2D eigenvalue weighted by Gasteiger charge is -2.16. The lowest BCUT2D eigenvalue weighted by atomic mass is 10.3. The summed E-state index contributed by atoms with van der Waals surface area (Å²) in [6, 6.07) is 17.7. The zero-order valence-corrected chi connectivity index (χ0v) is 12.4. The molecule has 0 bridgehead atoms. The fourth-order valence-corrected chi connectivity index (χ4v) is 2.04. The molecule has 0 radical (unpaired) electrons. The van der Waals surface area contributed by atoms with E-state index < -0.39 is 0 Å². The summed E-state index contributed by atoms with van der Waals surface area (Å²) in [5.41, 5.74) is 0.842. The summed E-state index contributed by atoms with van der Waals surface area (Å²) in [5.74, 6) is 1.54. The smallest absolute Gasteiger partial charge is 0.171 e. The number of thiocarbonyl (C=S) groups is 1. The molecular formula is C16H18N2OS. The van der Waals surface area contributed by atoms with Crippen LogP contribution in [0.25, 0.3) is 0 Å². The first-order chi connectivity index (χ1) is 9.65. The zero-order chi connectivity index (χ0) is 14.4. The second-order valence-corrected chi connectivity index (χ2v) is 5.07. The van der Waals surface area contributed by atoms with Gasteiger partial charge in [0, 0.05) is 6.04 Å². The van der Waals surface area contributed by atoms with E-state index in [1.165, 1.54) is 0 Å². The van der Waals surface area contributed by atoms with Crippen LogP contribution in [0.4, 0.5) is 5.69 Å². The third-order valence-corrected chi connectivity index (χ3v) is 2.75. The van der Waals surface area contributed by atoms with Gasteiger partial charge in [0.05, 0.1) is 5.69 Å². The highest BCUT2D eigenvalue weighted by molar-refractivity contribution is 7.80. The second kappa shape index (κ2) is 6.91. The molecule has 0 unspecified atom stereocenters. The van der Waals surface area contributed by atoms with Crippen LogP contribution in [0.2, 0.25) is 0 Å². The molecule has 0 aromatic heterocycles. The van der Waals surface area contributed by atoms with E-state index in [4.69, 9.17) is 17.0 Å². The van der Waals surface area contributed by atoms with E-state index >= 15 is 0 Å². The maximum atomic E-state index is 5.87. The first kappa shape index (κ1) is 14.3. The van der Waals surface area contributed by atoms with Gasteiger partial charge in [-0.2, -0.15) is 0 Å². The number of rotatable bonds is 4. The molecule has 0 aliphatic rings.